The summed E-state index contributed by atoms with van der Waals surface area (Å²) in [5.41, 5.74) is 2.28. The molecule has 25 heavy (non-hydrogen) atoms. The van der Waals surface area contributed by atoms with E-state index in [1.807, 2.05) is 42.8 Å². The Kier molecular flexibility index (Phi) is 5.67. The van der Waals surface area contributed by atoms with Crippen molar-refractivity contribution < 1.29 is 9.90 Å². The molecule has 5 nitrogen and oxygen atoms in total. The number of aliphatic hydroxyl groups is 1. The van der Waals surface area contributed by atoms with Crippen molar-refractivity contribution in [1.82, 2.24) is 15.1 Å². The molecule has 0 aliphatic carbocycles. The van der Waals surface area contributed by atoms with Crippen molar-refractivity contribution in [3.8, 4) is 10.6 Å². The van der Waals surface area contributed by atoms with E-state index in [1.165, 1.54) is 4.88 Å². The zero-order chi connectivity index (χ0) is 17.8. The molecule has 7 heteroatoms. The van der Waals surface area contributed by atoms with Crippen LogP contribution < -0.4 is 0 Å². The lowest BCUT2D eigenvalue weighted by molar-refractivity contribution is 0.0558. The van der Waals surface area contributed by atoms with E-state index in [0.29, 0.717) is 18.7 Å². The molecule has 3 rings (SSSR count). The maximum absolute atomic E-state index is 13.0. The summed E-state index contributed by atoms with van der Waals surface area (Å²) >= 11 is 3.26. The van der Waals surface area contributed by atoms with Crippen LogP contribution in [0.15, 0.2) is 35.0 Å². The second kappa shape index (κ2) is 7.95. The number of aliphatic hydroxyl groups excluding tert-OH is 1. The second-order valence-electron chi connectivity index (χ2n) is 5.89. The molecule has 0 aromatic carbocycles. The Morgan fingerprint density at radius 3 is 2.84 bits per heavy atom. The number of aromatic amines is 1. The molecule has 1 atom stereocenters. The van der Waals surface area contributed by atoms with E-state index in [4.69, 9.17) is 0 Å². The minimum atomic E-state index is -0.225. The van der Waals surface area contributed by atoms with Gasteiger partial charge in [0.2, 0.25) is 0 Å². The molecule has 0 saturated heterocycles. The predicted octanol–water partition coefficient (Wildman–Crippen LogP) is 3.92. The molecule has 3 heterocycles. The number of amides is 1. The van der Waals surface area contributed by atoms with Gasteiger partial charge in [0.1, 0.15) is 0 Å². The number of thiophene rings is 2. The molecule has 3 aromatic rings. The Hall–Kier alpha value is -1.96. The van der Waals surface area contributed by atoms with Crippen LogP contribution in [0.4, 0.5) is 0 Å². The summed E-state index contributed by atoms with van der Waals surface area (Å²) in [6.07, 6.45) is 0.688. The first-order valence-corrected chi connectivity index (χ1v) is 9.93. The highest BCUT2D eigenvalue weighted by Crippen LogP contribution is 2.27. The van der Waals surface area contributed by atoms with Gasteiger partial charge in [-0.15, -0.1) is 11.3 Å². The highest BCUT2D eigenvalue weighted by Gasteiger charge is 2.25. The number of hydrogen-bond acceptors (Lipinski definition) is 5. The Morgan fingerprint density at radius 2 is 2.24 bits per heavy atom. The molecule has 0 aliphatic heterocycles. The number of nitrogens with zero attached hydrogens (tertiary/aromatic N) is 2. The molecule has 0 saturated carbocycles. The van der Waals surface area contributed by atoms with Gasteiger partial charge in [0, 0.05) is 11.4 Å². The molecule has 0 spiro atoms. The summed E-state index contributed by atoms with van der Waals surface area (Å²) in [5.74, 6) is -0.164. The number of hydrogen-bond donors (Lipinski definition) is 2. The van der Waals surface area contributed by atoms with E-state index in [2.05, 4.69) is 10.2 Å². The van der Waals surface area contributed by atoms with Gasteiger partial charge >= 0.3 is 0 Å². The quantitative estimate of drug-likeness (QED) is 0.657. The van der Waals surface area contributed by atoms with Crippen LogP contribution in [0.2, 0.25) is 0 Å². The van der Waals surface area contributed by atoms with E-state index >= 15 is 0 Å². The van der Waals surface area contributed by atoms with Crippen LogP contribution in [0.25, 0.3) is 10.6 Å². The first kappa shape index (κ1) is 17.8. The van der Waals surface area contributed by atoms with Crippen molar-refractivity contribution >= 4 is 28.6 Å². The zero-order valence-corrected chi connectivity index (χ0v) is 15.9. The van der Waals surface area contributed by atoms with Crippen LogP contribution in [-0.2, 0) is 6.54 Å². The number of rotatable bonds is 7. The molecule has 3 aromatic heterocycles. The highest BCUT2D eigenvalue weighted by molar-refractivity contribution is 7.15. The number of aryl methyl sites for hydroxylation is 1. The fourth-order valence-electron chi connectivity index (χ4n) is 2.68. The average Bonchev–Trinajstić information content (AvgIpc) is 3.35. The third-order valence-electron chi connectivity index (χ3n) is 4.12. The topological polar surface area (TPSA) is 69.2 Å². The summed E-state index contributed by atoms with van der Waals surface area (Å²) in [5, 5.41) is 20.9. The van der Waals surface area contributed by atoms with Crippen molar-refractivity contribution in [3.05, 3.63) is 51.2 Å². The second-order valence-corrected chi connectivity index (χ2v) is 7.95. The number of nitrogens with one attached hydrogen (secondary N) is 1. The average molecular weight is 376 g/mol. The van der Waals surface area contributed by atoms with Crippen molar-refractivity contribution in [2.45, 2.75) is 32.9 Å². The predicted molar refractivity (Wildman–Crippen MR) is 102 cm³/mol. The molecular weight excluding hydrogens is 354 g/mol. The molecule has 1 unspecified atom stereocenters. The third-order valence-corrected chi connectivity index (χ3v) is 5.89. The highest BCUT2D eigenvalue weighted by atomic mass is 32.1. The minimum Gasteiger partial charge on any atom is -0.394 e. The molecule has 1 amide bonds. The SMILES string of the molecule is CCC(CO)N(Cc1ccsc1)C(=O)c1cc(-c2ccc(C)s2)[nH]n1. The van der Waals surface area contributed by atoms with Gasteiger partial charge in [0.15, 0.2) is 5.69 Å². The van der Waals surface area contributed by atoms with E-state index in [-0.39, 0.29) is 18.6 Å². The lowest BCUT2D eigenvalue weighted by Crippen LogP contribution is -2.41. The third kappa shape index (κ3) is 4.00. The normalized spacial score (nSPS) is 12.3. The number of aromatic nitrogens is 2. The fraction of sp³-hybridized carbons (Fsp3) is 0.333. The van der Waals surface area contributed by atoms with E-state index in [0.717, 1.165) is 16.1 Å². The maximum atomic E-state index is 13.0. The van der Waals surface area contributed by atoms with Gasteiger partial charge in [-0.1, -0.05) is 6.92 Å². The van der Waals surface area contributed by atoms with Gasteiger partial charge in [0.25, 0.3) is 5.91 Å². The standard InChI is InChI=1S/C18H21N3O2S2/c1-3-14(10-22)21(9-13-6-7-24-11-13)18(23)16-8-15(19-20-16)17-5-4-12(2)25-17/h4-8,11,14,22H,3,9-10H2,1-2H3,(H,19,20). The van der Waals surface area contributed by atoms with Gasteiger partial charge in [-0.2, -0.15) is 16.4 Å². The smallest absolute Gasteiger partial charge is 0.274 e. The maximum Gasteiger partial charge on any atom is 0.274 e. The van der Waals surface area contributed by atoms with Crippen LogP contribution in [0.5, 0.6) is 0 Å². The Balaban J connectivity index is 1.85. The van der Waals surface area contributed by atoms with Gasteiger partial charge in [-0.3, -0.25) is 9.89 Å². The van der Waals surface area contributed by atoms with E-state index in [1.54, 1.807) is 33.6 Å². The minimum absolute atomic E-state index is 0.0617. The first-order chi connectivity index (χ1) is 12.1. The van der Waals surface area contributed by atoms with Crippen molar-refractivity contribution in [2.24, 2.45) is 0 Å². The fourth-order valence-corrected chi connectivity index (χ4v) is 4.17. The molecule has 0 radical (unpaired) electrons. The van der Waals surface area contributed by atoms with E-state index < -0.39 is 0 Å². The molecule has 132 valence electrons. The van der Waals surface area contributed by atoms with Crippen LogP contribution in [0, 0.1) is 6.92 Å². The molecule has 0 aliphatic rings. The van der Waals surface area contributed by atoms with Crippen molar-refractivity contribution in [3.63, 3.8) is 0 Å². The van der Waals surface area contributed by atoms with Crippen molar-refractivity contribution in [1.29, 1.82) is 0 Å². The van der Waals surface area contributed by atoms with E-state index in [9.17, 15) is 9.90 Å². The monoisotopic (exact) mass is 375 g/mol. The Bertz CT molecular complexity index is 819. The molecular formula is C18H21N3O2S2. The summed E-state index contributed by atoms with van der Waals surface area (Å²) < 4.78 is 0. The molecule has 0 fully saturated rings. The number of carbonyl (C=O) groups is 1. The number of carbonyl (C=O) groups excluding carboxylic acids is 1. The van der Waals surface area contributed by atoms with Gasteiger partial charge in [-0.05, 0) is 53.9 Å². The summed E-state index contributed by atoms with van der Waals surface area (Å²) in [7, 11) is 0. The zero-order valence-electron chi connectivity index (χ0n) is 14.2. The Morgan fingerprint density at radius 1 is 1.40 bits per heavy atom. The van der Waals surface area contributed by atoms with Crippen LogP contribution in [0.3, 0.4) is 0 Å². The van der Waals surface area contributed by atoms with Crippen LogP contribution in [0.1, 0.15) is 34.3 Å². The first-order valence-electron chi connectivity index (χ1n) is 8.17. The van der Waals surface area contributed by atoms with Gasteiger partial charge < -0.3 is 10.0 Å². The van der Waals surface area contributed by atoms with Gasteiger partial charge in [0.05, 0.1) is 23.2 Å². The van der Waals surface area contributed by atoms with Gasteiger partial charge in [-0.25, -0.2) is 0 Å². The Labute approximate surface area is 154 Å². The lowest BCUT2D eigenvalue weighted by Gasteiger charge is -2.29. The van der Waals surface area contributed by atoms with Crippen molar-refractivity contribution in [2.75, 3.05) is 6.61 Å². The summed E-state index contributed by atoms with van der Waals surface area (Å²) in [4.78, 5) is 17.0. The lowest BCUT2D eigenvalue weighted by atomic mass is 10.1. The summed E-state index contributed by atoms with van der Waals surface area (Å²) in [6, 6.07) is 7.63. The molecule has 2 N–H and O–H groups in total. The van der Waals surface area contributed by atoms with Crippen LogP contribution >= 0.6 is 22.7 Å². The molecule has 0 bridgehead atoms. The summed E-state index contributed by atoms with van der Waals surface area (Å²) in [6.45, 7) is 4.43. The number of H-pyrrole nitrogens is 1. The largest absolute Gasteiger partial charge is 0.394 e. The van der Waals surface area contributed by atoms with Crippen LogP contribution in [-0.4, -0.2) is 38.8 Å².